The van der Waals surface area contributed by atoms with Crippen LogP contribution in [0.15, 0.2) is 36.4 Å². The molecule has 2 N–H and O–H groups in total. The monoisotopic (exact) mass is 312 g/mol. The first-order chi connectivity index (χ1) is 10.5. The van der Waals surface area contributed by atoms with Gasteiger partial charge in [0.25, 0.3) is 0 Å². The van der Waals surface area contributed by atoms with Crippen LogP contribution in [0.3, 0.4) is 0 Å². The molecular weight excluding hydrogens is 284 g/mol. The molecule has 0 atom stereocenters. The summed E-state index contributed by atoms with van der Waals surface area (Å²) in [5.74, 6) is 0.716. The van der Waals surface area contributed by atoms with Crippen LogP contribution in [0.25, 0.3) is 0 Å². The fourth-order valence-corrected chi connectivity index (χ4v) is 3.81. The second-order valence-electron chi connectivity index (χ2n) is 6.65. The number of rotatable bonds is 2. The lowest BCUT2D eigenvalue weighted by atomic mass is 9.65. The lowest BCUT2D eigenvalue weighted by Crippen LogP contribution is -2.30. The third-order valence-electron chi connectivity index (χ3n) is 5.21. The lowest BCUT2D eigenvalue weighted by molar-refractivity contribution is 0.344. The molecule has 1 aliphatic rings. The molecule has 1 fully saturated rings. The first-order valence-corrected chi connectivity index (χ1v) is 8.13. The molecule has 0 bridgehead atoms. The second kappa shape index (κ2) is 6.66. The maximum atomic E-state index is 9.84. The molecule has 2 nitrogen and oxygen atoms in total. The van der Waals surface area contributed by atoms with Crippen molar-refractivity contribution >= 4 is 0 Å². The van der Waals surface area contributed by atoms with Crippen molar-refractivity contribution in [3.05, 3.63) is 58.7 Å². The van der Waals surface area contributed by atoms with Gasteiger partial charge in [-0.05, 0) is 61.1 Å². The van der Waals surface area contributed by atoms with Crippen molar-refractivity contribution in [2.24, 2.45) is 0 Å². The molecule has 0 spiro atoms. The highest BCUT2D eigenvalue weighted by Crippen LogP contribution is 2.46. The summed E-state index contributed by atoms with van der Waals surface area (Å²) in [7, 11) is 0. The Kier molecular flexibility index (Phi) is 5.03. The molecule has 2 heteroatoms. The SMILES string of the molecule is C.Cc1cc(C2(c3ccc(O)c(C)c3)CCCCC2)ccc1O. The molecule has 0 saturated heterocycles. The summed E-state index contributed by atoms with van der Waals surface area (Å²) in [4.78, 5) is 0. The van der Waals surface area contributed by atoms with Crippen LogP contribution in [0, 0.1) is 13.8 Å². The van der Waals surface area contributed by atoms with Crippen LogP contribution in [-0.4, -0.2) is 10.2 Å². The van der Waals surface area contributed by atoms with Gasteiger partial charge >= 0.3 is 0 Å². The molecule has 0 radical (unpaired) electrons. The predicted octanol–water partition coefficient (Wildman–Crippen LogP) is 5.60. The van der Waals surface area contributed by atoms with E-state index >= 15 is 0 Å². The Balaban J connectivity index is 0.00000192. The summed E-state index contributed by atoms with van der Waals surface area (Å²) in [6, 6.07) is 12.0. The van der Waals surface area contributed by atoms with E-state index in [0.29, 0.717) is 11.5 Å². The highest BCUT2D eigenvalue weighted by Gasteiger charge is 2.36. The van der Waals surface area contributed by atoms with Crippen LogP contribution in [-0.2, 0) is 5.41 Å². The average Bonchev–Trinajstić information content (AvgIpc) is 2.53. The molecule has 124 valence electrons. The van der Waals surface area contributed by atoms with Gasteiger partial charge in [0.2, 0.25) is 0 Å². The summed E-state index contributed by atoms with van der Waals surface area (Å²) >= 11 is 0. The topological polar surface area (TPSA) is 40.5 Å². The minimum Gasteiger partial charge on any atom is -0.508 e. The van der Waals surface area contributed by atoms with Crippen molar-refractivity contribution in [1.29, 1.82) is 0 Å². The molecule has 0 amide bonds. The number of hydrogen-bond acceptors (Lipinski definition) is 2. The minimum absolute atomic E-state index is 0. The maximum Gasteiger partial charge on any atom is 0.118 e. The van der Waals surface area contributed by atoms with E-state index in [1.165, 1.54) is 30.4 Å². The van der Waals surface area contributed by atoms with Crippen molar-refractivity contribution in [3.63, 3.8) is 0 Å². The Morgan fingerprint density at radius 1 is 0.739 bits per heavy atom. The van der Waals surface area contributed by atoms with Crippen molar-refractivity contribution in [2.75, 3.05) is 0 Å². The molecular formula is C21H28O2. The third-order valence-corrected chi connectivity index (χ3v) is 5.21. The van der Waals surface area contributed by atoms with Crippen LogP contribution < -0.4 is 0 Å². The van der Waals surface area contributed by atoms with E-state index in [4.69, 9.17) is 0 Å². The third kappa shape index (κ3) is 3.08. The average molecular weight is 312 g/mol. The van der Waals surface area contributed by atoms with Gasteiger partial charge in [-0.25, -0.2) is 0 Å². The van der Waals surface area contributed by atoms with Gasteiger partial charge in [-0.1, -0.05) is 51.0 Å². The number of aromatic hydroxyl groups is 2. The fraction of sp³-hybridized carbons (Fsp3) is 0.429. The Hall–Kier alpha value is -1.96. The Morgan fingerprint density at radius 2 is 1.17 bits per heavy atom. The predicted molar refractivity (Wildman–Crippen MR) is 96.3 cm³/mol. The Bertz CT molecular complexity index is 629. The fourth-order valence-electron chi connectivity index (χ4n) is 3.81. The number of phenolic OH excluding ortho intramolecular Hbond substituents is 2. The molecule has 3 rings (SSSR count). The van der Waals surface area contributed by atoms with Gasteiger partial charge in [0.15, 0.2) is 0 Å². The van der Waals surface area contributed by atoms with Gasteiger partial charge in [-0.3, -0.25) is 0 Å². The van der Waals surface area contributed by atoms with E-state index in [1.807, 2.05) is 26.0 Å². The van der Waals surface area contributed by atoms with Gasteiger partial charge in [0.05, 0.1) is 0 Å². The largest absolute Gasteiger partial charge is 0.508 e. The molecule has 2 aromatic carbocycles. The van der Waals surface area contributed by atoms with E-state index < -0.39 is 0 Å². The molecule has 1 saturated carbocycles. The van der Waals surface area contributed by atoms with Crippen LogP contribution in [0.4, 0.5) is 0 Å². The summed E-state index contributed by atoms with van der Waals surface area (Å²) in [5, 5.41) is 19.7. The number of aryl methyl sites for hydroxylation is 2. The van der Waals surface area contributed by atoms with Crippen LogP contribution in [0.5, 0.6) is 11.5 Å². The van der Waals surface area contributed by atoms with Gasteiger partial charge in [0, 0.05) is 5.41 Å². The molecule has 0 heterocycles. The first kappa shape index (κ1) is 17.4. The van der Waals surface area contributed by atoms with E-state index in [9.17, 15) is 10.2 Å². The van der Waals surface area contributed by atoms with Gasteiger partial charge in [0.1, 0.15) is 11.5 Å². The van der Waals surface area contributed by atoms with Crippen molar-refractivity contribution in [3.8, 4) is 11.5 Å². The minimum atomic E-state index is 0. The molecule has 23 heavy (non-hydrogen) atoms. The highest BCUT2D eigenvalue weighted by atomic mass is 16.3. The zero-order chi connectivity index (χ0) is 15.7. The summed E-state index contributed by atoms with van der Waals surface area (Å²) in [6.45, 7) is 3.91. The van der Waals surface area contributed by atoms with E-state index in [0.717, 1.165) is 24.0 Å². The highest BCUT2D eigenvalue weighted by molar-refractivity contribution is 5.47. The van der Waals surface area contributed by atoms with Crippen molar-refractivity contribution in [2.45, 2.75) is 58.8 Å². The van der Waals surface area contributed by atoms with Gasteiger partial charge < -0.3 is 10.2 Å². The zero-order valence-electron chi connectivity index (χ0n) is 13.4. The van der Waals surface area contributed by atoms with E-state index in [1.54, 1.807) is 0 Å². The van der Waals surface area contributed by atoms with E-state index in [2.05, 4.69) is 24.3 Å². The van der Waals surface area contributed by atoms with Crippen LogP contribution >= 0.6 is 0 Å². The van der Waals surface area contributed by atoms with Crippen LogP contribution in [0.1, 0.15) is 61.8 Å². The summed E-state index contributed by atoms with van der Waals surface area (Å²) < 4.78 is 0. The lowest BCUT2D eigenvalue weighted by Gasteiger charge is -2.39. The molecule has 0 unspecified atom stereocenters. The summed E-state index contributed by atoms with van der Waals surface area (Å²) in [6.07, 6.45) is 5.98. The normalized spacial score (nSPS) is 16.6. The van der Waals surface area contributed by atoms with Gasteiger partial charge in [-0.15, -0.1) is 0 Å². The maximum absolute atomic E-state index is 9.84. The quantitative estimate of drug-likeness (QED) is 0.757. The molecule has 2 aromatic rings. The first-order valence-electron chi connectivity index (χ1n) is 8.13. The second-order valence-corrected chi connectivity index (χ2v) is 6.65. The van der Waals surface area contributed by atoms with Crippen LogP contribution in [0.2, 0.25) is 0 Å². The summed E-state index contributed by atoms with van der Waals surface area (Å²) in [5.41, 5.74) is 4.44. The standard InChI is InChI=1S/C20H24O2.CH4/c1-14-12-16(6-8-18(14)21)20(10-4-3-5-11-20)17-7-9-19(22)15(2)13-17;/h6-9,12-13,21-22H,3-5,10-11H2,1-2H3;1H4. The van der Waals surface area contributed by atoms with Gasteiger partial charge in [-0.2, -0.15) is 0 Å². The number of phenols is 2. The smallest absolute Gasteiger partial charge is 0.118 e. The molecule has 0 aromatic heterocycles. The van der Waals surface area contributed by atoms with Crippen molar-refractivity contribution in [1.82, 2.24) is 0 Å². The molecule has 1 aliphatic carbocycles. The number of hydrogen-bond donors (Lipinski definition) is 2. The number of benzene rings is 2. The zero-order valence-corrected chi connectivity index (χ0v) is 13.4. The van der Waals surface area contributed by atoms with Crippen molar-refractivity contribution < 1.29 is 10.2 Å². The van der Waals surface area contributed by atoms with E-state index in [-0.39, 0.29) is 12.8 Å². The Morgan fingerprint density at radius 3 is 1.57 bits per heavy atom. The molecule has 0 aliphatic heterocycles. The Labute approximate surface area is 139 Å².